The van der Waals surface area contributed by atoms with Crippen molar-refractivity contribution in [2.75, 3.05) is 13.1 Å². The van der Waals surface area contributed by atoms with Crippen LogP contribution in [-0.4, -0.2) is 58.3 Å². The van der Waals surface area contributed by atoms with E-state index in [-0.39, 0.29) is 29.7 Å². The topological polar surface area (TPSA) is 72.0 Å². The van der Waals surface area contributed by atoms with Gasteiger partial charge < -0.3 is 19.3 Å². The quantitative estimate of drug-likeness (QED) is 0.429. The average Bonchev–Trinajstić information content (AvgIpc) is 3.60. The lowest BCUT2D eigenvalue weighted by Crippen LogP contribution is -2.44. The molecule has 37 heavy (non-hydrogen) atoms. The number of piperidine rings is 1. The van der Waals surface area contributed by atoms with Crippen molar-refractivity contribution in [1.29, 1.82) is 0 Å². The summed E-state index contributed by atoms with van der Waals surface area (Å²) < 4.78 is 46.6. The molecule has 7 nitrogen and oxygen atoms in total. The Kier molecular flexibility index (Phi) is 7.60. The van der Waals surface area contributed by atoms with Crippen LogP contribution in [0.4, 0.5) is 18.0 Å². The van der Waals surface area contributed by atoms with Gasteiger partial charge in [0, 0.05) is 36.7 Å². The maximum absolute atomic E-state index is 13.0. The van der Waals surface area contributed by atoms with E-state index >= 15 is 0 Å². The zero-order valence-electron chi connectivity index (χ0n) is 20.4. The monoisotopic (exact) mass is 537 g/mol. The number of thiazole rings is 1. The molecule has 1 aromatic carbocycles. The van der Waals surface area contributed by atoms with Gasteiger partial charge in [0.25, 0.3) is 5.91 Å². The second kappa shape index (κ2) is 10.9. The fourth-order valence-corrected chi connectivity index (χ4v) is 6.16. The zero-order valence-corrected chi connectivity index (χ0v) is 21.2. The first-order valence-corrected chi connectivity index (χ1v) is 13.8. The lowest BCUT2D eigenvalue weighted by atomic mass is 9.94. The molecule has 2 amide bonds. The molecule has 2 aliphatic carbocycles. The summed E-state index contributed by atoms with van der Waals surface area (Å²) in [5.74, 6) is -0.0938. The van der Waals surface area contributed by atoms with Crippen molar-refractivity contribution in [2.24, 2.45) is 0 Å². The fraction of sp³-hybridized carbons (Fsp3) is 0.577. The van der Waals surface area contributed by atoms with Gasteiger partial charge >= 0.3 is 12.5 Å². The molecule has 3 fully saturated rings. The third kappa shape index (κ3) is 6.55. The Hall–Kier alpha value is -2.82. The molecule has 1 aromatic heterocycles. The van der Waals surface area contributed by atoms with Crippen LogP contribution < -0.4 is 9.47 Å². The van der Waals surface area contributed by atoms with Crippen LogP contribution in [0, 0.1) is 0 Å². The first kappa shape index (κ1) is 25.8. The van der Waals surface area contributed by atoms with Gasteiger partial charge in [-0.05, 0) is 62.8 Å². The van der Waals surface area contributed by atoms with Crippen LogP contribution in [0.25, 0.3) is 0 Å². The van der Waals surface area contributed by atoms with Gasteiger partial charge in [0.05, 0.1) is 10.4 Å². The van der Waals surface area contributed by atoms with E-state index in [9.17, 15) is 22.8 Å². The van der Waals surface area contributed by atoms with Gasteiger partial charge in [-0.15, -0.1) is 24.5 Å². The van der Waals surface area contributed by atoms with Crippen LogP contribution >= 0.6 is 11.3 Å². The van der Waals surface area contributed by atoms with E-state index < -0.39 is 6.36 Å². The van der Waals surface area contributed by atoms with Crippen molar-refractivity contribution in [1.82, 2.24) is 14.8 Å². The van der Waals surface area contributed by atoms with Gasteiger partial charge in [0.2, 0.25) is 5.88 Å². The number of alkyl halides is 3. The van der Waals surface area contributed by atoms with Gasteiger partial charge in [-0.3, -0.25) is 4.79 Å². The molecule has 1 aliphatic heterocycles. The molecule has 0 radical (unpaired) electrons. The first-order valence-electron chi connectivity index (χ1n) is 12.9. The molecule has 2 aromatic rings. The molecular formula is C26H30F3N3O4S. The number of nitrogens with zero attached hydrogens (tertiary/aromatic N) is 3. The van der Waals surface area contributed by atoms with Crippen molar-refractivity contribution in [3.05, 3.63) is 40.2 Å². The third-order valence-corrected chi connectivity index (χ3v) is 8.26. The number of benzene rings is 1. The van der Waals surface area contributed by atoms with Crippen LogP contribution in [-0.2, 0) is 0 Å². The maximum atomic E-state index is 13.0. The molecule has 11 heteroatoms. The minimum atomic E-state index is -4.77. The van der Waals surface area contributed by atoms with Crippen LogP contribution in [0.3, 0.4) is 0 Å². The number of likely N-dealkylation sites (tertiary alicyclic amines) is 1. The standard InChI is InChI=1S/C26H30F3N3O4S/c27-26(28,29)36-21-10-6-18(7-11-21)24(33)31-14-12-17(13-15-31)23-30-22(16-37-23)35-25(34)32(20-8-9-20)19-4-2-1-3-5-19/h6-7,10-11,16-17,19-20H,1-5,8-9,12-15H2. The van der Waals surface area contributed by atoms with Crippen molar-refractivity contribution in [2.45, 2.75) is 82.2 Å². The van der Waals surface area contributed by atoms with Crippen LogP contribution in [0.1, 0.15) is 79.1 Å². The summed E-state index contributed by atoms with van der Waals surface area (Å²) in [6, 6.07) is 5.53. The Morgan fingerprint density at radius 2 is 1.59 bits per heavy atom. The molecule has 0 atom stereocenters. The Morgan fingerprint density at radius 3 is 2.22 bits per heavy atom. The second-order valence-electron chi connectivity index (χ2n) is 9.96. The molecule has 0 N–H and O–H groups in total. The number of aromatic nitrogens is 1. The first-order chi connectivity index (χ1) is 17.8. The lowest BCUT2D eigenvalue weighted by Gasteiger charge is -2.33. The number of rotatable bonds is 6. The van der Waals surface area contributed by atoms with Gasteiger partial charge in [-0.25, -0.2) is 9.78 Å². The van der Waals surface area contributed by atoms with Crippen molar-refractivity contribution >= 4 is 23.3 Å². The number of hydrogen-bond acceptors (Lipinski definition) is 6. The number of halogens is 3. The summed E-state index contributed by atoms with van der Waals surface area (Å²) in [6.07, 6.45) is 4.04. The summed E-state index contributed by atoms with van der Waals surface area (Å²) >= 11 is 1.47. The molecule has 0 bridgehead atoms. The molecule has 200 valence electrons. The highest BCUT2D eigenvalue weighted by Gasteiger charge is 2.39. The SMILES string of the molecule is O=C(c1ccc(OC(F)(F)F)cc1)N1CCC(c2nc(OC(=O)N(C3CCCCC3)C3CC3)cs2)CC1. The van der Waals surface area contributed by atoms with E-state index in [0.717, 1.165) is 55.7 Å². The average molecular weight is 538 g/mol. The van der Waals surface area contributed by atoms with E-state index in [2.05, 4.69) is 9.72 Å². The molecule has 2 heterocycles. The number of hydrogen-bond donors (Lipinski definition) is 0. The largest absolute Gasteiger partial charge is 0.573 e. The van der Waals surface area contributed by atoms with Gasteiger partial charge in [-0.1, -0.05) is 19.3 Å². The van der Waals surface area contributed by atoms with Crippen LogP contribution in [0.2, 0.25) is 0 Å². The molecular weight excluding hydrogens is 507 g/mol. The summed E-state index contributed by atoms with van der Waals surface area (Å²) in [5.41, 5.74) is 0.314. The summed E-state index contributed by atoms with van der Waals surface area (Å²) in [4.78, 5) is 34.0. The van der Waals surface area contributed by atoms with E-state index in [1.165, 1.54) is 29.9 Å². The van der Waals surface area contributed by atoms with E-state index in [1.807, 2.05) is 4.90 Å². The Balaban J connectivity index is 1.13. The fourth-order valence-electron chi connectivity index (χ4n) is 5.27. The second-order valence-corrected chi connectivity index (χ2v) is 10.9. The number of ether oxygens (including phenoxy) is 2. The highest BCUT2D eigenvalue weighted by atomic mass is 32.1. The summed E-state index contributed by atoms with van der Waals surface area (Å²) in [7, 11) is 0. The van der Waals surface area contributed by atoms with Crippen molar-refractivity contribution in [3.8, 4) is 11.6 Å². The van der Waals surface area contributed by atoms with E-state index in [0.29, 0.717) is 43.4 Å². The van der Waals surface area contributed by atoms with Gasteiger partial charge in [0.1, 0.15) is 5.75 Å². The highest BCUT2D eigenvalue weighted by Crippen LogP contribution is 2.36. The Bertz CT molecular complexity index is 1090. The molecule has 5 rings (SSSR count). The number of carbonyl (C=O) groups excluding carboxylic acids is 2. The molecule has 3 aliphatic rings. The predicted octanol–water partition coefficient (Wildman–Crippen LogP) is 6.36. The Morgan fingerprint density at radius 1 is 0.946 bits per heavy atom. The zero-order chi connectivity index (χ0) is 26.0. The van der Waals surface area contributed by atoms with Crippen LogP contribution in [0.15, 0.2) is 29.6 Å². The number of amides is 2. The van der Waals surface area contributed by atoms with Gasteiger partial charge in [-0.2, -0.15) is 0 Å². The molecule has 1 saturated heterocycles. The molecule has 2 saturated carbocycles. The number of carbonyl (C=O) groups is 2. The lowest BCUT2D eigenvalue weighted by molar-refractivity contribution is -0.274. The van der Waals surface area contributed by atoms with Crippen LogP contribution in [0.5, 0.6) is 11.6 Å². The normalized spacial score (nSPS) is 19.5. The van der Waals surface area contributed by atoms with Crippen molar-refractivity contribution < 1.29 is 32.2 Å². The smallest absolute Gasteiger partial charge is 0.406 e. The van der Waals surface area contributed by atoms with E-state index in [4.69, 9.17) is 4.74 Å². The molecule has 0 unspecified atom stereocenters. The Labute approximate surface area is 217 Å². The minimum absolute atomic E-state index is 0.155. The predicted molar refractivity (Wildman–Crippen MR) is 131 cm³/mol. The third-order valence-electron chi connectivity index (χ3n) is 7.28. The summed E-state index contributed by atoms with van der Waals surface area (Å²) in [6.45, 7) is 1.02. The maximum Gasteiger partial charge on any atom is 0.573 e. The van der Waals surface area contributed by atoms with Gasteiger partial charge in [0.15, 0.2) is 0 Å². The summed E-state index contributed by atoms with van der Waals surface area (Å²) in [5, 5.41) is 2.67. The minimum Gasteiger partial charge on any atom is -0.406 e. The van der Waals surface area contributed by atoms with E-state index in [1.54, 1.807) is 10.3 Å². The highest BCUT2D eigenvalue weighted by molar-refractivity contribution is 7.09. The van der Waals surface area contributed by atoms with Crippen molar-refractivity contribution in [3.63, 3.8) is 0 Å². The molecule has 0 spiro atoms.